The lowest BCUT2D eigenvalue weighted by Crippen LogP contribution is -2.30. The summed E-state index contributed by atoms with van der Waals surface area (Å²) in [5.74, 6) is -0.0759. The number of nitrogens with zero attached hydrogens (tertiary/aromatic N) is 2. The maximum atomic E-state index is 12.3. The molecule has 0 saturated carbocycles. The van der Waals surface area contributed by atoms with Crippen molar-refractivity contribution in [1.82, 2.24) is 9.55 Å². The average molecular weight is 324 g/mol. The van der Waals surface area contributed by atoms with Gasteiger partial charge >= 0.3 is 5.69 Å². The molecule has 122 valence electrons. The number of aryl methyl sites for hydroxylation is 1. The quantitative estimate of drug-likeness (QED) is 0.869. The van der Waals surface area contributed by atoms with Crippen LogP contribution >= 0.6 is 0 Å². The molecule has 0 aliphatic rings. The number of hydrogen-bond acceptors (Lipinski definition) is 4. The van der Waals surface area contributed by atoms with Crippen LogP contribution in [0, 0.1) is 0 Å². The molecule has 0 aliphatic heterocycles. The van der Waals surface area contributed by atoms with E-state index in [-0.39, 0.29) is 25.1 Å². The van der Waals surface area contributed by atoms with Gasteiger partial charge in [-0.05, 0) is 6.07 Å². The van der Waals surface area contributed by atoms with Gasteiger partial charge in [0.1, 0.15) is 9.84 Å². The molecule has 0 amide bonds. The maximum absolute atomic E-state index is 12.3. The Morgan fingerprint density at radius 3 is 2.32 bits per heavy atom. The van der Waals surface area contributed by atoms with E-state index < -0.39 is 15.5 Å². The minimum Gasteiger partial charge on any atom is -0.291 e. The molecule has 0 unspecified atom stereocenters. The van der Waals surface area contributed by atoms with E-state index in [1.807, 2.05) is 45.0 Å². The van der Waals surface area contributed by atoms with Crippen LogP contribution < -0.4 is 5.69 Å². The lowest BCUT2D eigenvalue weighted by Gasteiger charge is -2.21. The molecule has 0 bridgehead atoms. The monoisotopic (exact) mass is 324 g/mol. The largest absolute Gasteiger partial charge is 0.348 e. The van der Waals surface area contributed by atoms with Crippen molar-refractivity contribution < 1.29 is 8.42 Å². The van der Waals surface area contributed by atoms with Crippen LogP contribution in [0.3, 0.4) is 0 Å². The number of aromatic nitrogens is 2. The Morgan fingerprint density at radius 1 is 1.18 bits per heavy atom. The summed E-state index contributed by atoms with van der Waals surface area (Å²) in [5, 5.41) is 0.887. The number of fused-ring (bicyclic) bond motifs is 1. The summed E-state index contributed by atoms with van der Waals surface area (Å²) in [4.78, 5) is 16.5. The lowest BCUT2D eigenvalue weighted by molar-refractivity contribution is 0.562. The van der Waals surface area contributed by atoms with Crippen LogP contribution in [0.2, 0.25) is 0 Å². The standard InChI is InChI=1S/C15H20N2O3S.CH4/c1-15(2,3)13-11-7-5-6-8-12(11)17(14(18)16-13)9-10-21(4,19)20;/h5-8H,9-10H2,1-4H3;1H4. The normalized spacial score (nSPS) is 12.2. The van der Waals surface area contributed by atoms with Crippen molar-refractivity contribution >= 4 is 20.7 Å². The van der Waals surface area contributed by atoms with Gasteiger partial charge in [-0.1, -0.05) is 46.4 Å². The van der Waals surface area contributed by atoms with Gasteiger partial charge in [-0.15, -0.1) is 0 Å². The highest BCUT2D eigenvalue weighted by molar-refractivity contribution is 7.90. The summed E-state index contributed by atoms with van der Waals surface area (Å²) in [7, 11) is -3.13. The zero-order chi connectivity index (χ0) is 15.8. The Morgan fingerprint density at radius 2 is 1.77 bits per heavy atom. The van der Waals surface area contributed by atoms with Gasteiger partial charge in [0.2, 0.25) is 0 Å². The highest BCUT2D eigenvalue weighted by atomic mass is 32.2. The number of rotatable bonds is 3. The highest BCUT2D eigenvalue weighted by Gasteiger charge is 2.21. The summed E-state index contributed by atoms with van der Waals surface area (Å²) >= 11 is 0. The predicted molar refractivity (Wildman–Crippen MR) is 91.1 cm³/mol. The van der Waals surface area contributed by atoms with Crippen molar-refractivity contribution in [3.05, 3.63) is 40.4 Å². The van der Waals surface area contributed by atoms with Gasteiger partial charge in [0, 0.05) is 23.6 Å². The molecule has 1 aromatic carbocycles. The van der Waals surface area contributed by atoms with Gasteiger partial charge in [0.05, 0.1) is 17.0 Å². The van der Waals surface area contributed by atoms with E-state index in [1.165, 1.54) is 4.57 Å². The smallest absolute Gasteiger partial charge is 0.291 e. The predicted octanol–water partition coefficient (Wildman–Crippen LogP) is 2.37. The molecule has 2 rings (SSSR count). The average Bonchev–Trinajstić information content (AvgIpc) is 2.34. The van der Waals surface area contributed by atoms with Crippen LogP contribution in [0.5, 0.6) is 0 Å². The summed E-state index contributed by atoms with van der Waals surface area (Å²) < 4.78 is 24.1. The summed E-state index contributed by atoms with van der Waals surface area (Å²) in [6, 6.07) is 7.48. The van der Waals surface area contributed by atoms with Crippen LogP contribution in [-0.4, -0.2) is 30.0 Å². The van der Waals surface area contributed by atoms with E-state index in [4.69, 9.17) is 0 Å². The van der Waals surface area contributed by atoms with Gasteiger partial charge in [-0.2, -0.15) is 4.98 Å². The van der Waals surface area contributed by atoms with E-state index in [2.05, 4.69) is 4.98 Å². The molecule has 0 N–H and O–H groups in total. The van der Waals surface area contributed by atoms with Gasteiger partial charge in [-0.3, -0.25) is 4.57 Å². The Bertz CT molecular complexity index is 831. The molecule has 0 atom stereocenters. The minimum atomic E-state index is -3.13. The Hall–Kier alpha value is -1.69. The number of benzene rings is 1. The van der Waals surface area contributed by atoms with E-state index in [0.717, 1.165) is 22.9 Å². The van der Waals surface area contributed by atoms with Crippen molar-refractivity contribution in [2.75, 3.05) is 12.0 Å². The van der Waals surface area contributed by atoms with E-state index in [9.17, 15) is 13.2 Å². The first-order valence-corrected chi connectivity index (χ1v) is 8.83. The van der Waals surface area contributed by atoms with E-state index >= 15 is 0 Å². The fourth-order valence-electron chi connectivity index (χ4n) is 2.27. The van der Waals surface area contributed by atoms with Crippen LogP contribution in [-0.2, 0) is 21.8 Å². The molecular formula is C16H24N2O3S. The summed E-state index contributed by atoms with van der Waals surface area (Å²) in [6.07, 6.45) is 1.16. The molecule has 5 nitrogen and oxygen atoms in total. The van der Waals surface area contributed by atoms with Gasteiger partial charge < -0.3 is 0 Å². The molecule has 0 saturated heterocycles. The summed E-state index contributed by atoms with van der Waals surface area (Å²) in [6.45, 7) is 6.13. The molecule has 6 heteroatoms. The second kappa shape index (κ2) is 6.20. The molecule has 1 heterocycles. The van der Waals surface area contributed by atoms with Crippen LogP contribution in [0.25, 0.3) is 10.9 Å². The molecule has 0 radical (unpaired) electrons. The second-order valence-corrected chi connectivity index (χ2v) is 8.55. The number of hydrogen-bond donors (Lipinski definition) is 0. The topological polar surface area (TPSA) is 69.0 Å². The SMILES string of the molecule is C.CC(C)(C)c1nc(=O)n(CCS(C)(=O)=O)c2ccccc12. The molecule has 0 aliphatic carbocycles. The van der Waals surface area contributed by atoms with E-state index in [0.29, 0.717) is 0 Å². The van der Waals surface area contributed by atoms with Crippen molar-refractivity contribution in [2.45, 2.75) is 40.2 Å². The van der Waals surface area contributed by atoms with Crippen molar-refractivity contribution in [1.29, 1.82) is 0 Å². The minimum absolute atomic E-state index is 0. The summed E-state index contributed by atoms with van der Waals surface area (Å²) in [5.41, 5.74) is 0.807. The van der Waals surface area contributed by atoms with Crippen molar-refractivity contribution in [3.63, 3.8) is 0 Å². The van der Waals surface area contributed by atoms with Gasteiger partial charge in [0.15, 0.2) is 0 Å². The fraction of sp³-hybridized carbons (Fsp3) is 0.500. The molecule has 0 spiro atoms. The highest BCUT2D eigenvalue weighted by Crippen LogP contribution is 2.26. The zero-order valence-electron chi connectivity index (χ0n) is 12.8. The zero-order valence-corrected chi connectivity index (χ0v) is 13.6. The van der Waals surface area contributed by atoms with Crippen LogP contribution in [0.15, 0.2) is 29.1 Å². The maximum Gasteiger partial charge on any atom is 0.348 e. The molecule has 0 fully saturated rings. The Labute approximate surface area is 131 Å². The molecular weight excluding hydrogens is 300 g/mol. The molecule has 22 heavy (non-hydrogen) atoms. The third-order valence-corrected chi connectivity index (χ3v) is 4.21. The number of sulfone groups is 1. The molecule has 1 aromatic heterocycles. The third kappa shape index (κ3) is 3.94. The van der Waals surface area contributed by atoms with Crippen molar-refractivity contribution in [3.8, 4) is 0 Å². The van der Waals surface area contributed by atoms with Gasteiger partial charge in [-0.25, -0.2) is 13.2 Å². The van der Waals surface area contributed by atoms with E-state index in [1.54, 1.807) is 0 Å². The van der Waals surface area contributed by atoms with Gasteiger partial charge in [0.25, 0.3) is 0 Å². The van der Waals surface area contributed by atoms with Crippen molar-refractivity contribution in [2.24, 2.45) is 0 Å². The first-order valence-electron chi connectivity index (χ1n) is 6.77. The van der Waals surface area contributed by atoms with Crippen LogP contribution in [0.4, 0.5) is 0 Å². The first kappa shape index (κ1) is 18.4. The first-order chi connectivity index (χ1) is 9.59. The lowest BCUT2D eigenvalue weighted by atomic mass is 9.89. The molecule has 2 aromatic rings. The van der Waals surface area contributed by atoms with Crippen LogP contribution in [0.1, 0.15) is 33.9 Å². The number of para-hydroxylation sites is 1. The third-order valence-electron chi connectivity index (χ3n) is 3.28. The fourth-order valence-corrected chi connectivity index (χ4v) is 2.79. The Kier molecular flexibility index (Phi) is 5.18. The Balaban J connectivity index is 0.00000242. The second-order valence-electron chi connectivity index (χ2n) is 6.29.